The first-order valence-corrected chi connectivity index (χ1v) is 10.1. The molecule has 1 spiro atoms. The van der Waals surface area contributed by atoms with E-state index >= 15 is 4.39 Å². The van der Waals surface area contributed by atoms with E-state index in [-0.39, 0.29) is 34.2 Å². The van der Waals surface area contributed by atoms with Gasteiger partial charge >= 0.3 is 6.16 Å². The summed E-state index contributed by atoms with van der Waals surface area (Å²) in [6, 6.07) is 0.418. The molecule has 3 N–H and O–H groups in total. The molecule has 31 heavy (non-hydrogen) atoms. The number of methoxy groups -OCH3 is 1. The van der Waals surface area contributed by atoms with E-state index in [4.69, 9.17) is 15.6 Å². The third-order valence-corrected chi connectivity index (χ3v) is 7.00. The fourth-order valence-corrected chi connectivity index (χ4v) is 4.98. The predicted molar refractivity (Wildman–Crippen MR) is 108 cm³/mol. The Morgan fingerprint density at radius 3 is 2.55 bits per heavy atom. The van der Waals surface area contributed by atoms with Crippen LogP contribution in [-0.4, -0.2) is 47.7 Å². The van der Waals surface area contributed by atoms with E-state index in [9.17, 15) is 14.0 Å². The summed E-state index contributed by atoms with van der Waals surface area (Å²) in [4.78, 5) is 25.7. The third-order valence-electron chi connectivity index (χ3n) is 7.00. The quantitative estimate of drug-likeness (QED) is 0.711. The van der Waals surface area contributed by atoms with Crippen LogP contribution in [0.5, 0.6) is 11.5 Å². The van der Waals surface area contributed by atoms with Crippen LogP contribution in [0.1, 0.15) is 32.2 Å². The zero-order valence-corrected chi connectivity index (χ0v) is 17.2. The van der Waals surface area contributed by atoms with Gasteiger partial charge in [0.1, 0.15) is 11.9 Å². The smallest absolute Gasteiger partial charge is 0.492 e. The topological polar surface area (TPSA) is 107 Å². The summed E-state index contributed by atoms with van der Waals surface area (Å²) in [5, 5.41) is 8.81. The van der Waals surface area contributed by atoms with Crippen LogP contribution in [0.15, 0.2) is 17.1 Å². The number of anilines is 1. The number of benzene rings is 1. The molecule has 0 bridgehead atoms. The number of hydrogen-bond donors (Lipinski definition) is 2. The van der Waals surface area contributed by atoms with Crippen LogP contribution in [0.4, 0.5) is 19.3 Å². The van der Waals surface area contributed by atoms with Crippen molar-refractivity contribution >= 4 is 22.7 Å². The predicted octanol–water partition coefficient (Wildman–Crippen LogP) is 2.81. The highest BCUT2D eigenvalue weighted by Gasteiger charge is 2.61. The minimum atomic E-state index is -1.69. The molecule has 1 aromatic heterocycles. The Kier molecular flexibility index (Phi) is 4.09. The molecule has 8 nitrogen and oxygen atoms in total. The van der Waals surface area contributed by atoms with Gasteiger partial charge in [-0.25, -0.2) is 13.6 Å². The molecule has 3 fully saturated rings. The van der Waals surface area contributed by atoms with E-state index in [1.807, 2.05) is 11.8 Å². The van der Waals surface area contributed by atoms with E-state index in [1.165, 1.54) is 11.7 Å². The minimum absolute atomic E-state index is 0.0845. The molecule has 1 aromatic carbocycles. The molecule has 166 valence electrons. The molecule has 0 radical (unpaired) electrons. The lowest BCUT2D eigenvalue weighted by atomic mass is 9.87. The van der Waals surface area contributed by atoms with E-state index in [1.54, 1.807) is 0 Å². The fraction of sp³-hybridized carbons (Fsp3) is 0.524. The summed E-state index contributed by atoms with van der Waals surface area (Å²) in [5.74, 6) is -1.11. The molecular formula is C21H23F2N3O5. The van der Waals surface area contributed by atoms with Crippen LogP contribution < -0.4 is 25.5 Å². The molecule has 2 saturated carbocycles. The number of nitrogens with zero attached hydrogens (tertiary/aromatic N) is 2. The van der Waals surface area contributed by atoms with Gasteiger partial charge in [-0.3, -0.25) is 4.79 Å². The number of ether oxygens (including phenoxy) is 2. The lowest BCUT2D eigenvalue weighted by Gasteiger charge is -2.26. The number of carbonyl (C=O) groups is 1. The number of nitrogens with two attached hydrogens (primary N) is 1. The first-order valence-electron chi connectivity index (χ1n) is 10.1. The Balaban J connectivity index is 1.75. The molecule has 3 aliphatic rings. The van der Waals surface area contributed by atoms with Crippen LogP contribution in [0, 0.1) is 11.2 Å². The van der Waals surface area contributed by atoms with E-state index in [2.05, 4.69) is 4.74 Å². The second-order valence-corrected chi connectivity index (χ2v) is 9.11. The van der Waals surface area contributed by atoms with Gasteiger partial charge in [-0.1, -0.05) is 0 Å². The van der Waals surface area contributed by atoms with Gasteiger partial charge < -0.3 is 29.8 Å². The zero-order chi connectivity index (χ0) is 22.3. The minimum Gasteiger partial charge on any atom is -0.492 e. The van der Waals surface area contributed by atoms with Crippen molar-refractivity contribution in [2.24, 2.45) is 11.1 Å². The van der Waals surface area contributed by atoms with Crippen LogP contribution in [0.2, 0.25) is 0 Å². The van der Waals surface area contributed by atoms with Gasteiger partial charge in [0.15, 0.2) is 17.3 Å². The first-order chi connectivity index (χ1) is 14.6. The summed E-state index contributed by atoms with van der Waals surface area (Å²) in [7, 11) is 1.36. The van der Waals surface area contributed by atoms with Crippen molar-refractivity contribution in [1.29, 1.82) is 0 Å². The molecule has 10 heteroatoms. The van der Waals surface area contributed by atoms with Crippen molar-refractivity contribution in [3.63, 3.8) is 0 Å². The Hall–Kier alpha value is -2.88. The largest absolute Gasteiger partial charge is 0.511 e. The molecule has 5 rings (SSSR count). The summed E-state index contributed by atoms with van der Waals surface area (Å²) < 4.78 is 41.0. The molecule has 2 aromatic rings. The van der Waals surface area contributed by atoms with Gasteiger partial charge in [0.05, 0.1) is 30.3 Å². The number of alkyl halides is 1. The average Bonchev–Trinajstić information content (AvgIpc) is 3.58. The molecular weight excluding hydrogens is 412 g/mol. The number of rotatable bonds is 4. The Morgan fingerprint density at radius 1 is 1.35 bits per heavy atom. The average molecular weight is 435 g/mol. The second kappa shape index (κ2) is 6.32. The number of hydrogen-bond acceptors (Lipinski definition) is 6. The summed E-state index contributed by atoms with van der Waals surface area (Å²) in [5.41, 5.74) is 5.50. The zero-order valence-electron chi connectivity index (χ0n) is 17.2. The maximum Gasteiger partial charge on any atom is 0.511 e. The van der Waals surface area contributed by atoms with Gasteiger partial charge in [0.2, 0.25) is 5.43 Å². The van der Waals surface area contributed by atoms with Gasteiger partial charge in [-0.2, -0.15) is 0 Å². The van der Waals surface area contributed by atoms with Crippen molar-refractivity contribution in [1.82, 2.24) is 4.57 Å². The summed E-state index contributed by atoms with van der Waals surface area (Å²) in [6.45, 7) is 2.92. The van der Waals surface area contributed by atoms with Crippen molar-refractivity contribution in [2.75, 3.05) is 25.1 Å². The van der Waals surface area contributed by atoms with Crippen molar-refractivity contribution in [3.05, 3.63) is 28.3 Å². The Labute approximate surface area is 176 Å². The third kappa shape index (κ3) is 2.88. The Bertz CT molecular complexity index is 1170. The lowest BCUT2D eigenvalue weighted by molar-refractivity contribution is 0.143. The molecule has 3 atom stereocenters. The van der Waals surface area contributed by atoms with E-state index in [0.29, 0.717) is 13.1 Å². The molecule has 2 heterocycles. The number of aromatic nitrogens is 1. The van der Waals surface area contributed by atoms with Gasteiger partial charge in [-0.15, -0.1) is 0 Å². The normalized spacial score (nSPS) is 28.2. The highest BCUT2D eigenvalue weighted by molar-refractivity contribution is 5.93. The SMILES string of the molecule is COc1c(N2CC(C)(N)C3(CC3)C2)c(F)cc2c(=O)c(OC(=O)O)cn([C@@H]3C[C@@H]3F)c12. The maximum absolute atomic E-state index is 15.4. The fourth-order valence-electron chi connectivity index (χ4n) is 4.98. The molecule has 0 amide bonds. The van der Waals surface area contributed by atoms with Gasteiger partial charge in [0.25, 0.3) is 0 Å². The lowest BCUT2D eigenvalue weighted by Crippen LogP contribution is -2.45. The first kappa shape index (κ1) is 20.0. The van der Waals surface area contributed by atoms with Gasteiger partial charge in [0, 0.05) is 30.5 Å². The van der Waals surface area contributed by atoms with Crippen LogP contribution in [0.25, 0.3) is 10.9 Å². The van der Waals surface area contributed by atoms with Crippen molar-refractivity contribution < 1.29 is 28.2 Å². The molecule has 2 aliphatic carbocycles. The number of halogens is 2. The Morgan fingerprint density at radius 2 is 2.03 bits per heavy atom. The van der Waals surface area contributed by atoms with E-state index < -0.39 is 40.9 Å². The number of fused-ring (bicyclic) bond motifs is 1. The van der Waals surface area contributed by atoms with Gasteiger partial charge in [-0.05, 0) is 25.8 Å². The number of carboxylic acid groups (broad SMARTS) is 1. The van der Waals surface area contributed by atoms with Crippen molar-refractivity contribution in [3.8, 4) is 11.5 Å². The summed E-state index contributed by atoms with van der Waals surface area (Å²) in [6.07, 6.45) is 0.408. The molecule has 1 aliphatic heterocycles. The van der Waals surface area contributed by atoms with Crippen molar-refractivity contribution in [2.45, 2.75) is 43.9 Å². The molecule has 1 saturated heterocycles. The standard InChI is InChI=1S/C21H23F2N3O5/c1-20(24)8-25(9-21(20)3-4-21)16-12(23)5-10-15(18(16)30-2)26(13-6-11(13)22)7-14(17(10)27)31-19(28)29/h5,7,11,13H,3-4,6,8-9,24H2,1-2H3,(H,28,29)/t11-,13+,20?/m0/s1. The van der Waals surface area contributed by atoms with E-state index in [0.717, 1.165) is 25.1 Å². The maximum atomic E-state index is 15.4. The highest BCUT2D eigenvalue weighted by Crippen LogP contribution is 2.59. The van der Waals surface area contributed by atoms with Crippen LogP contribution >= 0.6 is 0 Å². The monoisotopic (exact) mass is 435 g/mol. The second-order valence-electron chi connectivity index (χ2n) is 9.11. The molecule has 1 unspecified atom stereocenters. The summed E-state index contributed by atoms with van der Waals surface area (Å²) >= 11 is 0. The van der Waals surface area contributed by atoms with Crippen LogP contribution in [-0.2, 0) is 0 Å². The number of pyridine rings is 1. The highest BCUT2D eigenvalue weighted by atomic mass is 19.1. The van der Waals surface area contributed by atoms with Crippen LogP contribution in [0.3, 0.4) is 0 Å².